The lowest BCUT2D eigenvalue weighted by atomic mass is 9.99. The van der Waals surface area contributed by atoms with Crippen LogP contribution in [0.15, 0.2) is 41.9 Å². The monoisotopic (exact) mass is 417 g/mol. The number of carbonyl (C=O) groups is 2. The Morgan fingerprint density at radius 1 is 1.31 bits per heavy atom. The highest BCUT2D eigenvalue weighted by atomic mass is 32.1. The minimum absolute atomic E-state index is 0.0398. The Morgan fingerprint density at radius 3 is 2.72 bits per heavy atom. The van der Waals surface area contributed by atoms with Gasteiger partial charge in [-0.2, -0.15) is 0 Å². The second-order valence-electron chi connectivity index (χ2n) is 8.03. The van der Waals surface area contributed by atoms with Gasteiger partial charge >= 0.3 is 12.2 Å². The van der Waals surface area contributed by atoms with E-state index < -0.39 is 11.7 Å². The van der Waals surface area contributed by atoms with E-state index >= 15 is 0 Å². The largest absolute Gasteiger partial charge is 0.445 e. The average Bonchev–Trinajstić information content (AvgIpc) is 3.36. The van der Waals surface area contributed by atoms with E-state index in [1.165, 1.54) is 11.3 Å². The van der Waals surface area contributed by atoms with Gasteiger partial charge < -0.3 is 19.7 Å². The van der Waals surface area contributed by atoms with Gasteiger partial charge in [-0.05, 0) is 32.8 Å². The first-order valence-corrected chi connectivity index (χ1v) is 10.5. The Labute approximate surface area is 175 Å². The third-order valence-corrected chi connectivity index (χ3v) is 5.41. The average molecular weight is 418 g/mol. The van der Waals surface area contributed by atoms with E-state index in [2.05, 4.69) is 10.3 Å². The van der Waals surface area contributed by atoms with Gasteiger partial charge in [0.1, 0.15) is 17.2 Å². The number of benzene rings is 1. The molecule has 1 aromatic carbocycles. The fraction of sp³-hybridized carbons (Fsp3) is 0.476. The van der Waals surface area contributed by atoms with Gasteiger partial charge in [0.2, 0.25) is 0 Å². The van der Waals surface area contributed by atoms with Crippen LogP contribution in [0.3, 0.4) is 0 Å². The Kier molecular flexibility index (Phi) is 6.74. The van der Waals surface area contributed by atoms with Crippen LogP contribution in [0, 0.1) is 5.92 Å². The zero-order valence-corrected chi connectivity index (χ0v) is 17.8. The number of nitrogens with one attached hydrogen (secondary N) is 1. The normalized spacial score (nSPS) is 17.6. The third-order valence-electron chi connectivity index (χ3n) is 4.55. The molecule has 0 bridgehead atoms. The number of rotatable bonds is 5. The molecule has 1 aliphatic rings. The predicted octanol–water partition coefficient (Wildman–Crippen LogP) is 4.37. The molecule has 0 aliphatic carbocycles. The second-order valence-corrected chi connectivity index (χ2v) is 8.96. The summed E-state index contributed by atoms with van der Waals surface area (Å²) in [4.78, 5) is 30.9. The number of hydrogen-bond acceptors (Lipinski definition) is 6. The van der Waals surface area contributed by atoms with Crippen molar-refractivity contribution in [2.75, 3.05) is 13.1 Å². The first-order valence-electron chi connectivity index (χ1n) is 9.66. The molecule has 2 heterocycles. The van der Waals surface area contributed by atoms with Crippen molar-refractivity contribution in [3.63, 3.8) is 0 Å². The summed E-state index contributed by atoms with van der Waals surface area (Å²) >= 11 is 1.48. The van der Waals surface area contributed by atoms with Crippen molar-refractivity contribution in [2.24, 2.45) is 5.92 Å². The topological polar surface area (TPSA) is 80.8 Å². The molecule has 29 heavy (non-hydrogen) atoms. The van der Waals surface area contributed by atoms with Crippen LogP contribution in [0.4, 0.5) is 9.59 Å². The number of amides is 2. The molecule has 3 rings (SSSR count). The molecule has 1 aromatic heterocycles. The molecule has 1 fully saturated rings. The molecule has 156 valence electrons. The quantitative estimate of drug-likeness (QED) is 0.781. The zero-order valence-electron chi connectivity index (χ0n) is 17.0. The van der Waals surface area contributed by atoms with E-state index in [-0.39, 0.29) is 24.7 Å². The van der Waals surface area contributed by atoms with Gasteiger partial charge in [0.15, 0.2) is 0 Å². The van der Waals surface area contributed by atoms with Crippen LogP contribution in [0.25, 0.3) is 0 Å². The van der Waals surface area contributed by atoms with Crippen molar-refractivity contribution in [2.45, 2.75) is 45.4 Å². The molecular weight excluding hydrogens is 390 g/mol. The molecule has 8 heteroatoms. The Balaban J connectivity index is 1.59. The van der Waals surface area contributed by atoms with Gasteiger partial charge in [0, 0.05) is 30.6 Å². The summed E-state index contributed by atoms with van der Waals surface area (Å²) in [6.07, 6.45) is 1.64. The highest BCUT2D eigenvalue weighted by molar-refractivity contribution is 7.09. The molecular formula is C21H27N3O4S. The number of nitrogens with zero attached hydrogens (tertiary/aromatic N) is 2. The molecule has 2 amide bonds. The number of thiazole rings is 1. The number of hydrogen-bond donors (Lipinski definition) is 1. The Bertz CT molecular complexity index is 805. The summed E-state index contributed by atoms with van der Waals surface area (Å²) in [5.41, 5.74) is 0.365. The first-order chi connectivity index (χ1) is 13.8. The maximum absolute atomic E-state index is 12.5. The van der Waals surface area contributed by atoms with Gasteiger partial charge in [0.25, 0.3) is 0 Å². The Morgan fingerprint density at radius 2 is 2.07 bits per heavy atom. The van der Waals surface area contributed by atoms with E-state index in [4.69, 9.17) is 9.47 Å². The summed E-state index contributed by atoms with van der Waals surface area (Å²) < 4.78 is 10.8. The zero-order chi connectivity index (χ0) is 20.9. The van der Waals surface area contributed by atoms with Crippen LogP contribution in [-0.4, -0.2) is 40.8 Å². The molecule has 1 unspecified atom stereocenters. The summed E-state index contributed by atoms with van der Waals surface area (Å²) in [6.45, 7) is 6.79. The molecule has 0 spiro atoms. The molecule has 7 nitrogen and oxygen atoms in total. The van der Waals surface area contributed by atoms with Crippen LogP contribution in [0.5, 0.6) is 0 Å². The van der Waals surface area contributed by atoms with Crippen molar-refractivity contribution in [1.82, 2.24) is 15.2 Å². The van der Waals surface area contributed by atoms with E-state index in [9.17, 15) is 9.59 Å². The number of alkyl carbamates (subject to hydrolysis) is 1. The van der Waals surface area contributed by atoms with Crippen LogP contribution in [0.1, 0.15) is 43.8 Å². The van der Waals surface area contributed by atoms with Crippen molar-refractivity contribution >= 4 is 23.5 Å². The maximum Gasteiger partial charge on any atom is 0.410 e. The summed E-state index contributed by atoms with van der Waals surface area (Å²) in [5, 5.41) is 5.62. The lowest BCUT2D eigenvalue weighted by Crippen LogP contribution is -2.39. The lowest BCUT2D eigenvalue weighted by Gasteiger charge is -2.26. The first kappa shape index (κ1) is 21.1. The van der Waals surface area contributed by atoms with Crippen LogP contribution in [-0.2, 0) is 16.1 Å². The summed E-state index contributed by atoms with van der Waals surface area (Å²) in [7, 11) is 0. The Hall–Kier alpha value is -2.61. The number of aromatic nitrogens is 1. The minimum atomic E-state index is -0.583. The molecule has 1 aliphatic heterocycles. The molecule has 1 N–H and O–H groups in total. The number of ether oxygens (including phenoxy) is 2. The highest BCUT2D eigenvalue weighted by Gasteiger charge is 2.36. The van der Waals surface area contributed by atoms with Crippen molar-refractivity contribution in [3.05, 3.63) is 52.5 Å². The predicted molar refractivity (Wildman–Crippen MR) is 111 cm³/mol. The van der Waals surface area contributed by atoms with E-state index in [1.807, 2.05) is 56.5 Å². The van der Waals surface area contributed by atoms with E-state index in [0.717, 1.165) is 17.0 Å². The van der Waals surface area contributed by atoms with Crippen LogP contribution in [0.2, 0.25) is 0 Å². The summed E-state index contributed by atoms with van der Waals surface area (Å²) in [6, 6.07) is 9.28. The molecule has 1 saturated heterocycles. The molecule has 2 aromatic rings. The van der Waals surface area contributed by atoms with Gasteiger partial charge in [-0.3, -0.25) is 0 Å². The van der Waals surface area contributed by atoms with Gasteiger partial charge in [-0.1, -0.05) is 30.3 Å². The molecule has 0 radical (unpaired) electrons. The van der Waals surface area contributed by atoms with Crippen molar-refractivity contribution < 1.29 is 19.1 Å². The SMILES string of the molecule is CC(C)(C)OC(=O)N[C@@H](c1nccs1)C1CCN(C(=O)OCc2ccccc2)C1. The molecule has 0 saturated carbocycles. The summed E-state index contributed by atoms with van der Waals surface area (Å²) in [5.74, 6) is 0.0398. The van der Waals surface area contributed by atoms with Gasteiger partial charge in [0.05, 0.1) is 6.04 Å². The second kappa shape index (κ2) is 9.26. The maximum atomic E-state index is 12.5. The highest BCUT2D eigenvalue weighted by Crippen LogP contribution is 2.32. The fourth-order valence-corrected chi connectivity index (χ4v) is 4.02. The minimum Gasteiger partial charge on any atom is -0.445 e. The number of likely N-dealkylation sites (tertiary alicyclic amines) is 1. The third kappa shape index (κ3) is 6.19. The van der Waals surface area contributed by atoms with Crippen molar-refractivity contribution in [3.8, 4) is 0 Å². The fourth-order valence-electron chi connectivity index (χ4n) is 3.24. The van der Waals surface area contributed by atoms with Crippen molar-refractivity contribution in [1.29, 1.82) is 0 Å². The lowest BCUT2D eigenvalue weighted by molar-refractivity contribution is 0.0485. The smallest absolute Gasteiger partial charge is 0.410 e. The number of carbonyl (C=O) groups excluding carboxylic acids is 2. The van der Waals surface area contributed by atoms with Crippen LogP contribution < -0.4 is 5.32 Å². The van der Waals surface area contributed by atoms with Gasteiger partial charge in [-0.15, -0.1) is 11.3 Å². The standard InChI is InChI=1S/C21H27N3O4S/c1-21(2,3)28-19(25)23-17(18-22-10-12-29-18)16-9-11-24(13-16)20(26)27-14-15-7-5-4-6-8-15/h4-8,10,12,16-17H,9,11,13-14H2,1-3H3,(H,23,25)/t16?,17-/m1/s1. The van der Waals surface area contributed by atoms with E-state index in [1.54, 1.807) is 11.1 Å². The van der Waals surface area contributed by atoms with Crippen LogP contribution >= 0.6 is 11.3 Å². The van der Waals surface area contributed by atoms with E-state index in [0.29, 0.717) is 13.1 Å². The van der Waals surface area contributed by atoms with Gasteiger partial charge in [-0.25, -0.2) is 14.6 Å². The molecule has 2 atom stereocenters.